The number of hydrogen-bond donors (Lipinski definition) is 4. The summed E-state index contributed by atoms with van der Waals surface area (Å²) in [5.74, 6) is -2.44. The Balaban J connectivity index is 2.12. The highest BCUT2D eigenvalue weighted by Crippen LogP contribution is 2.32. The van der Waals surface area contributed by atoms with Crippen LogP contribution in [0, 0.1) is 0 Å². The predicted octanol–water partition coefficient (Wildman–Crippen LogP) is -1.40. The summed E-state index contributed by atoms with van der Waals surface area (Å²) < 4.78 is 5.11. The molecule has 1 aromatic rings. The average molecular weight is 327 g/mol. The third kappa shape index (κ3) is 3.81. The number of ether oxygens (including phenoxy) is 1. The summed E-state index contributed by atoms with van der Waals surface area (Å²) in [6.45, 7) is -0.765. The van der Waals surface area contributed by atoms with Gasteiger partial charge in [-0.2, -0.15) is 4.89 Å². The number of isocyanates is 1. The first-order valence-electron chi connectivity index (χ1n) is 6.80. The third-order valence-corrected chi connectivity index (χ3v) is 3.38. The van der Waals surface area contributed by atoms with Gasteiger partial charge in [-0.1, -0.05) is 30.3 Å². The van der Waals surface area contributed by atoms with Gasteiger partial charge >= 0.3 is 5.91 Å². The summed E-state index contributed by atoms with van der Waals surface area (Å²) in [6.07, 6.45) is -5.50. The average Bonchev–Trinajstić information content (AvgIpc) is 2.57. The van der Waals surface area contributed by atoms with Crippen LogP contribution in [0.4, 0.5) is 0 Å². The van der Waals surface area contributed by atoms with E-state index in [4.69, 9.17) is 19.6 Å². The van der Waals surface area contributed by atoms with Crippen molar-refractivity contribution in [3.05, 3.63) is 35.9 Å². The summed E-state index contributed by atoms with van der Waals surface area (Å²) in [7, 11) is 0. The standard InChI is InChI=1S/C14H17NO8/c16-6-10-11(18)12(19)13(20)14(22-10,15-8-17)23-21-7-9-4-2-1-3-5-9/h1-5,10-13,16,18-20H,6-7H2/t10-,11-,12+,13-,14+/m1/s1. The quantitative estimate of drug-likeness (QED) is 0.217. The first kappa shape index (κ1) is 17.7. The molecule has 5 atom stereocenters. The number of rotatable bonds is 6. The van der Waals surface area contributed by atoms with Crippen molar-refractivity contribution in [3.8, 4) is 0 Å². The first-order chi connectivity index (χ1) is 11.0. The fourth-order valence-electron chi connectivity index (χ4n) is 2.12. The van der Waals surface area contributed by atoms with Gasteiger partial charge in [0.2, 0.25) is 6.08 Å². The molecule has 0 amide bonds. The Hall–Kier alpha value is -1.68. The zero-order valence-corrected chi connectivity index (χ0v) is 12.0. The van der Waals surface area contributed by atoms with Crippen molar-refractivity contribution in [1.29, 1.82) is 0 Å². The molecule has 0 aliphatic carbocycles. The van der Waals surface area contributed by atoms with Gasteiger partial charge in [0.05, 0.1) is 6.61 Å². The highest BCUT2D eigenvalue weighted by atomic mass is 17.2. The van der Waals surface area contributed by atoms with Crippen LogP contribution in [0.1, 0.15) is 5.56 Å². The molecule has 9 nitrogen and oxygen atoms in total. The number of nitrogens with zero attached hydrogens (tertiary/aromatic N) is 1. The van der Waals surface area contributed by atoms with E-state index in [9.17, 15) is 20.1 Å². The van der Waals surface area contributed by atoms with Crippen LogP contribution < -0.4 is 0 Å². The normalized spacial score (nSPS) is 33.9. The Morgan fingerprint density at radius 2 is 1.91 bits per heavy atom. The van der Waals surface area contributed by atoms with Crippen molar-refractivity contribution in [2.45, 2.75) is 36.9 Å². The third-order valence-electron chi connectivity index (χ3n) is 3.38. The number of aliphatic hydroxyl groups excluding tert-OH is 4. The van der Waals surface area contributed by atoms with Crippen molar-refractivity contribution in [2.24, 2.45) is 4.99 Å². The lowest BCUT2D eigenvalue weighted by atomic mass is 9.97. The van der Waals surface area contributed by atoms with Crippen LogP contribution in [0.3, 0.4) is 0 Å². The van der Waals surface area contributed by atoms with Crippen LogP contribution in [-0.4, -0.2) is 63.4 Å². The molecule has 4 N–H and O–H groups in total. The molecule has 0 spiro atoms. The lowest BCUT2D eigenvalue weighted by Crippen LogP contribution is -2.65. The van der Waals surface area contributed by atoms with E-state index in [1.807, 2.05) is 0 Å². The highest BCUT2D eigenvalue weighted by molar-refractivity contribution is 5.34. The molecular formula is C14H17NO8. The Kier molecular flexibility index (Phi) is 5.94. The second kappa shape index (κ2) is 7.73. The van der Waals surface area contributed by atoms with Gasteiger partial charge in [-0.25, -0.2) is 9.68 Å². The second-order valence-corrected chi connectivity index (χ2v) is 4.93. The summed E-state index contributed by atoms with van der Waals surface area (Å²) in [5.41, 5.74) is 0.724. The monoisotopic (exact) mass is 327 g/mol. The molecule has 0 unspecified atom stereocenters. The Morgan fingerprint density at radius 1 is 1.22 bits per heavy atom. The largest absolute Gasteiger partial charge is 0.394 e. The van der Waals surface area contributed by atoms with E-state index in [2.05, 4.69) is 4.99 Å². The number of hydrogen-bond acceptors (Lipinski definition) is 9. The molecule has 126 valence electrons. The zero-order chi connectivity index (χ0) is 16.9. The number of carbonyl (C=O) groups excluding carboxylic acids is 1. The van der Waals surface area contributed by atoms with Crippen LogP contribution >= 0.6 is 0 Å². The number of aliphatic hydroxyl groups is 4. The summed E-state index contributed by atoms with van der Waals surface area (Å²) in [5, 5.41) is 38.7. The minimum absolute atomic E-state index is 0.0600. The van der Waals surface area contributed by atoms with E-state index in [0.29, 0.717) is 0 Å². The molecule has 0 radical (unpaired) electrons. The van der Waals surface area contributed by atoms with E-state index in [-0.39, 0.29) is 6.61 Å². The van der Waals surface area contributed by atoms with E-state index in [0.717, 1.165) is 11.6 Å². The molecule has 1 aromatic carbocycles. The van der Waals surface area contributed by atoms with Gasteiger partial charge in [0.25, 0.3) is 0 Å². The van der Waals surface area contributed by atoms with E-state index < -0.39 is 36.9 Å². The van der Waals surface area contributed by atoms with Crippen molar-refractivity contribution in [2.75, 3.05) is 6.61 Å². The first-order valence-corrected chi connectivity index (χ1v) is 6.80. The molecule has 9 heteroatoms. The maximum atomic E-state index is 10.6. The molecule has 1 fully saturated rings. The van der Waals surface area contributed by atoms with Crippen LogP contribution in [0.2, 0.25) is 0 Å². The molecule has 1 saturated heterocycles. The van der Waals surface area contributed by atoms with Crippen molar-refractivity contribution < 1.29 is 39.7 Å². The topological polar surface area (TPSA) is 138 Å². The van der Waals surface area contributed by atoms with Gasteiger partial charge in [-0.3, -0.25) is 0 Å². The van der Waals surface area contributed by atoms with Crippen molar-refractivity contribution >= 4 is 6.08 Å². The molecule has 0 bridgehead atoms. The number of aliphatic imine (C=N–C) groups is 1. The molecule has 0 saturated carbocycles. The fraction of sp³-hybridized carbons (Fsp3) is 0.500. The van der Waals surface area contributed by atoms with Gasteiger partial charge in [0.1, 0.15) is 24.9 Å². The summed E-state index contributed by atoms with van der Waals surface area (Å²) in [6, 6.07) is 8.83. The summed E-state index contributed by atoms with van der Waals surface area (Å²) in [4.78, 5) is 23.6. The molecular weight excluding hydrogens is 310 g/mol. The number of benzene rings is 1. The Morgan fingerprint density at radius 3 is 2.52 bits per heavy atom. The van der Waals surface area contributed by atoms with Crippen molar-refractivity contribution in [1.82, 2.24) is 0 Å². The minimum atomic E-state index is -2.44. The summed E-state index contributed by atoms with van der Waals surface area (Å²) >= 11 is 0. The Bertz CT molecular complexity index is 547. The van der Waals surface area contributed by atoms with Crippen LogP contribution in [0.25, 0.3) is 0 Å². The van der Waals surface area contributed by atoms with Crippen LogP contribution in [0.15, 0.2) is 35.3 Å². The van der Waals surface area contributed by atoms with Gasteiger partial charge in [0.15, 0.2) is 6.10 Å². The van der Waals surface area contributed by atoms with Gasteiger partial charge in [0, 0.05) is 0 Å². The van der Waals surface area contributed by atoms with Gasteiger partial charge in [-0.15, -0.1) is 4.99 Å². The molecule has 2 rings (SSSR count). The minimum Gasteiger partial charge on any atom is -0.394 e. The van der Waals surface area contributed by atoms with E-state index >= 15 is 0 Å². The molecule has 1 heterocycles. The molecule has 1 aliphatic rings. The zero-order valence-electron chi connectivity index (χ0n) is 12.0. The predicted molar refractivity (Wildman–Crippen MR) is 73.1 cm³/mol. The maximum absolute atomic E-state index is 10.6. The molecule has 0 aromatic heterocycles. The lowest BCUT2D eigenvalue weighted by molar-refractivity contribution is -0.480. The fourth-order valence-corrected chi connectivity index (χ4v) is 2.12. The van der Waals surface area contributed by atoms with E-state index in [1.54, 1.807) is 30.3 Å². The smallest absolute Gasteiger partial charge is 0.338 e. The SMILES string of the molecule is O=C=N[C@]1(OOCc2ccccc2)O[C@H](CO)[C@@H](O)[C@H](O)[C@H]1O. The van der Waals surface area contributed by atoms with Crippen molar-refractivity contribution in [3.63, 3.8) is 0 Å². The highest BCUT2D eigenvalue weighted by Gasteiger charge is 2.56. The van der Waals surface area contributed by atoms with Crippen LogP contribution in [0.5, 0.6) is 0 Å². The lowest BCUT2D eigenvalue weighted by Gasteiger charge is -2.43. The maximum Gasteiger partial charge on any atom is 0.338 e. The second-order valence-electron chi connectivity index (χ2n) is 4.93. The van der Waals surface area contributed by atoms with E-state index in [1.165, 1.54) is 0 Å². The van der Waals surface area contributed by atoms with Gasteiger partial charge in [-0.05, 0) is 5.56 Å². The van der Waals surface area contributed by atoms with Crippen LogP contribution in [-0.2, 0) is 25.9 Å². The van der Waals surface area contributed by atoms with Gasteiger partial charge < -0.3 is 25.2 Å². The molecule has 1 aliphatic heterocycles. The Labute approximate surface area is 131 Å². The molecule has 23 heavy (non-hydrogen) atoms.